The van der Waals surface area contributed by atoms with Gasteiger partial charge in [-0.25, -0.2) is 0 Å². The topological polar surface area (TPSA) is 86.6 Å². The summed E-state index contributed by atoms with van der Waals surface area (Å²) in [5.41, 5.74) is 0.619. The van der Waals surface area contributed by atoms with Gasteiger partial charge in [-0.05, 0) is 44.4 Å². The van der Waals surface area contributed by atoms with E-state index in [1.54, 1.807) is 30.0 Å². The molecule has 0 saturated heterocycles. The van der Waals surface area contributed by atoms with Crippen molar-refractivity contribution in [2.24, 2.45) is 5.92 Å². The normalized spacial score (nSPS) is 14.0. The molecule has 24 heavy (non-hydrogen) atoms. The molecule has 0 saturated carbocycles. The van der Waals surface area contributed by atoms with E-state index in [-0.39, 0.29) is 34.8 Å². The van der Waals surface area contributed by atoms with Crippen molar-refractivity contribution in [3.63, 3.8) is 0 Å². The van der Waals surface area contributed by atoms with Crippen LogP contribution in [0, 0.1) is 5.92 Å². The summed E-state index contributed by atoms with van der Waals surface area (Å²) < 4.78 is 0. The smallest absolute Gasteiger partial charge is 0.303 e. The number of rotatable bonds is 8. The lowest BCUT2D eigenvalue weighted by atomic mass is 9.97. The number of phenols is 1. The minimum atomic E-state index is -0.848. The Morgan fingerprint density at radius 3 is 2.50 bits per heavy atom. The van der Waals surface area contributed by atoms with Crippen LogP contribution in [-0.2, 0) is 9.59 Å². The van der Waals surface area contributed by atoms with E-state index in [1.807, 2.05) is 33.8 Å². The number of phenolic OH excluding ortho intramolecular Hbond substituents is 1. The predicted molar refractivity (Wildman–Crippen MR) is 97.2 cm³/mol. The Morgan fingerprint density at radius 2 is 1.96 bits per heavy atom. The number of carbonyl (C=O) groups is 2. The Labute approximate surface area is 147 Å². The van der Waals surface area contributed by atoms with Gasteiger partial charge in [-0.2, -0.15) is 11.8 Å². The highest BCUT2D eigenvalue weighted by Gasteiger charge is 2.23. The number of hydrogen-bond donors (Lipinski definition) is 3. The first kappa shape index (κ1) is 20.4. The molecule has 6 heteroatoms. The van der Waals surface area contributed by atoms with Crippen molar-refractivity contribution >= 4 is 23.6 Å². The molecule has 2 unspecified atom stereocenters. The number of hydrogen-bond acceptors (Lipinski definition) is 4. The third-order valence-electron chi connectivity index (χ3n) is 3.35. The number of benzene rings is 1. The highest BCUT2D eigenvalue weighted by atomic mass is 32.2. The third kappa shape index (κ3) is 7.73. The van der Waals surface area contributed by atoms with Gasteiger partial charge in [-0.1, -0.05) is 19.1 Å². The molecular formula is C18H27NO4S. The summed E-state index contributed by atoms with van der Waals surface area (Å²) in [5, 5.41) is 21.6. The molecule has 0 aliphatic heterocycles. The maximum atomic E-state index is 11.9. The monoisotopic (exact) mass is 353 g/mol. The SMILES string of the molecule is CC(CC(=O)O)C(SCCC(=O)NC(C)(C)C)c1cccc(O)c1. The first-order valence-corrected chi connectivity index (χ1v) is 9.06. The molecule has 0 aliphatic rings. The highest BCUT2D eigenvalue weighted by Crippen LogP contribution is 2.38. The number of carboxylic acid groups (broad SMARTS) is 1. The summed E-state index contributed by atoms with van der Waals surface area (Å²) in [6.07, 6.45) is 0.415. The summed E-state index contributed by atoms with van der Waals surface area (Å²) >= 11 is 1.55. The summed E-state index contributed by atoms with van der Waals surface area (Å²) in [6, 6.07) is 6.87. The largest absolute Gasteiger partial charge is 0.508 e. The van der Waals surface area contributed by atoms with Crippen LogP contribution in [0.3, 0.4) is 0 Å². The van der Waals surface area contributed by atoms with Gasteiger partial charge in [-0.15, -0.1) is 0 Å². The van der Waals surface area contributed by atoms with Crippen molar-refractivity contribution in [2.75, 3.05) is 5.75 Å². The van der Waals surface area contributed by atoms with Crippen LogP contribution in [0.2, 0.25) is 0 Å². The molecule has 1 rings (SSSR count). The lowest BCUT2D eigenvalue weighted by Gasteiger charge is -2.24. The lowest BCUT2D eigenvalue weighted by molar-refractivity contribution is -0.138. The molecule has 0 bridgehead atoms. The van der Waals surface area contributed by atoms with Crippen molar-refractivity contribution in [1.82, 2.24) is 5.32 Å². The van der Waals surface area contributed by atoms with Crippen molar-refractivity contribution in [3.8, 4) is 5.75 Å². The van der Waals surface area contributed by atoms with E-state index < -0.39 is 5.97 Å². The van der Waals surface area contributed by atoms with Gasteiger partial charge in [0.2, 0.25) is 5.91 Å². The maximum absolute atomic E-state index is 11.9. The number of aromatic hydroxyl groups is 1. The summed E-state index contributed by atoms with van der Waals surface area (Å²) in [7, 11) is 0. The second-order valence-corrected chi connectivity index (χ2v) is 8.26. The molecule has 1 amide bonds. The summed E-state index contributed by atoms with van der Waals surface area (Å²) in [4.78, 5) is 22.9. The predicted octanol–water partition coefficient (Wildman–Crippen LogP) is 3.58. The van der Waals surface area contributed by atoms with E-state index in [1.165, 1.54) is 0 Å². The fourth-order valence-corrected chi connectivity index (χ4v) is 3.75. The van der Waals surface area contributed by atoms with E-state index in [9.17, 15) is 14.7 Å². The van der Waals surface area contributed by atoms with Crippen LogP contribution in [0.25, 0.3) is 0 Å². The van der Waals surface area contributed by atoms with Crippen LogP contribution in [0.4, 0.5) is 0 Å². The van der Waals surface area contributed by atoms with Crippen molar-refractivity contribution in [2.45, 2.75) is 51.3 Å². The van der Waals surface area contributed by atoms with Gasteiger partial charge in [0, 0.05) is 29.4 Å². The number of aliphatic carboxylic acids is 1. The van der Waals surface area contributed by atoms with Crippen LogP contribution >= 0.6 is 11.8 Å². The molecular weight excluding hydrogens is 326 g/mol. The first-order valence-electron chi connectivity index (χ1n) is 8.02. The molecule has 2 atom stereocenters. The zero-order chi connectivity index (χ0) is 18.3. The highest BCUT2D eigenvalue weighted by molar-refractivity contribution is 7.99. The molecule has 0 aliphatic carbocycles. The maximum Gasteiger partial charge on any atom is 0.303 e. The van der Waals surface area contributed by atoms with Gasteiger partial charge in [0.05, 0.1) is 0 Å². The Balaban J connectivity index is 2.72. The molecule has 0 radical (unpaired) electrons. The van der Waals surface area contributed by atoms with E-state index in [4.69, 9.17) is 5.11 Å². The molecule has 5 nitrogen and oxygen atoms in total. The Morgan fingerprint density at radius 1 is 1.29 bits per heavy atom. The number of thioether (sulfide) groups is 1. The Kier molecular flexibility index (Phi) is 7.60. The van der Waals surface area contributed by atoms with Crippen LogP contribution in [0.15, 0.2) is 24.3 Å². The van der Waals surface area contributed by atoms with Crippen LogP contribution in [0.1, 0.15) is 51.3 Å². The van der Waals surface area contributed by atoms with Gasteiger partial charge >= 0.3 is 5.97 Å². The van der Waals surface area contributed by atoms with Crippen molar-refractivity contribution < 1.29 is 19.8 Å². The van der Waals surface area contributed by atoms with Crippen LogP contribution in [0.5, 0.6) is 5.75 Å². The minimum Gasteiger partial charge on any atom is -0.508 e. The van der Waals surface area contributed by atoms with E-state index >= 15 is 0 Å². The molecule has 1 aromatic rings. The average Bonchev–Trinajstić information content (AvgIpc) is 2.40. The molecule has 134 valence electrons. The number of carboxylic acids is 1. The van der Waals surface area contributed by atoms with Gasteiger partial charge in [0.25, 0.3) is 0 Å². The molecule has 0 aromatic heterocycles. The fraction of sp³-hybridized carbons (Fsp3) is 0.556. The molecule has 1 aromatic carbocycles. The van der Waals surface area contributed by atoms with E-state index in [0.29, 0.717) is 12.2 Å². The van der Waals surface area contributed by atoms with Gasteiger partial charge in [0.15, 0.2) is 0 Å². The van der Waals surface area contributed by atoms with Crippen LogP contribution in [-0.4, -0.2) is 33.4 Å². The Hall–Kier alpha value is -1.69. The van der Waals surface area contributed by atoms with Gasteiger partial charge in [-0.3, -0.25) is 9.59 Å². The van der Waals surface area contributed by atoms with Crippen LogP contribution < -0.4 is 5.32 Å². The van der Waals surface area contributed by atoms with Crippen molar-refractivity contribution in [1.29, 1.82) is 0 Å². The standard InChI is InChI=1S/C18H27NO4S/c1-12(10-16(22)23)17(13-6-5-7-14(20)11-13)24-9-8-15(21)19-18(2,3)4/h5-7,11-12,17,20H,8-10H2,1-4H3,(H,19,21)(H,22,23). The minimum absolute atomic E-state index is 0.0180. The molecule has 0 spiro atoms. The van der Waals surface area contributed by atoms with E-state index in [2.05, 4.69) is 5.32 Å². The van der Waals surface area contributed by atoms with Crippen molar-refractivity contribution in [3.05, 3.63) is 29.8 Å². The van der Waals surface area contributed by atoms with E-state index in [0.717, 1.165) is 5.56 Å². The molecule has 3 N–H and O–H groups in total. The summed E-state index contributed by atoms with van der Waals surface area (Å²) in [6.45, 7) is 7.68. The fourth-order valence-electron chi connectivity index (χ4n) is 2.43. The second kappa shape index (κ2) is 8.97. The zero-order valence-corrected chi connectivity index (χ0v) is 15.5. The number of nitrogens with one attached hydrogen (secondary N) is 1. The summed E-state index contributed by atoms with van der Waals surface area (Å²) in [5.74, 6) is -0.230. The second-order valence-electron chi connectivity index (χ2n) is 7.01. The average molecular weight is 353 g/mol. The number of amides is 1. The van der Waals surface area contributed by atoms with Gasteiger partial charge < -0.3 is 15.5 Å². The molecule has 0 heterocycles. The quantitative estimate of drug-likeness (QED) is 0.665. The molecule has 0 fully saturated rings. The number of carbonyl (C=O) groups excluding carboxylic acids is 1. The zero-order valence-electron chi connectivity index (χ0n) is 14.7. The van der Waals surface area contributed by atoms with Gasteiger partial charge in [0.1, 0.15) is 5.75 Å². The Bertz CT molecular complexity index is 568. The first-order chi connectivity index (χ1) is 11.1. The third-order valence-corrected chi connectivity index (χ3v) is 4.89. The lowest BCUT2D eigenvalue weighted by Crippen LogP contribution is -2.40.